The Morgan fingerprint density at radius 2 is 0.750 bits per heavy atom. The van der Waals surface area contributed by atoms with E-state index in [9.17, 15) is 28.8 Å². The maximum atomic E-state index is 13.1. The number of furan rings is 4. The van der Waals surface area contributed by atoms with Crippen LogP contribution in [0.25, 0.3) is 45.3 Å². The quantitative estimate of drug-likeness (QED) is 0.0275. The van der Waals surface area contributed by atoms with Gasteiger partial charge in [0.25, 0.3) is 0 Å². The summed E-state index contributed by atoms with van der Waals surface area (Å²) in [5.74, 6) is 1.88. The number of nitrogens with one attached hydrogen (secondary N) is 3. The fourth-order valence-electron chi connectivity index (χ4n) is 13.3. The number of amides is 2. The lowest BCUT2D eigenvalue weighted by molar-refractivity contribution is 0.0624. The van der Waals surface area contributed by atoms with Gasteiger partial charge < -0.3 is 79.3 Å². The van der Waals surface area contributed by atoms with E-state index in [0.717, 1.165) is 149 Å². The number of ether oxygens (including phenoxy) is 2. The fourth-order valence-corrected chi connectivity index (χ4v) is 16.8. The van der Waals surface area contributed by atoms with Crippen LogP contribution < -0.4 is 52.8 Å². The Labute approximate surface area is 712 Å². The van der Waals surface area contributed by atoms with Crippen molar-refractivity contribution in [2.24, 2.45) is 0 Å². The van der Waals surface area contributed by atoms with Crippen molar-refractivity contribution in [2.45, 2.75) is 111 Å². The van der Waals surface area contributed by atoms with Crippen LogP contribution in [0.2, 0.25) is 0 Å². The molecule has 0 bridgehead atoms. The Balaban J connectivity index is 0.000000141. The molecule has 12 aromatic rings. The zero-order valence-corrected chi connectivity index (χ0v) is 71.5. The molecule has 10 N–H and O–H groups in total. The van der Waals surface area contributed by atoms with Crippen LogP contribution in [0.5, 0.6) is 0 Å². The number of rotatable bonds is 20. The van der Waals surface area contributed by atoms with Gasteiger partial charge in [-0.2, -0.15) is 0 Å². The maximum absolute atomic E-state index is 13.1. The van der Waals surface area contributed by atoms with Crippen LogP contribution in [0.1, 0.15) is 136 Å². The summed E-state index contributed by atoms with van der Waals surface area (Å²) in [5, 5.41) is 23.3. The number of hydrogen-bond donors (Lipinski definition) is 7. The summed E-state index contributed by atoms with van der Waals surface area (Å²) in [6.07, 6.45) is 20.2. The Hall–Kier alpha value is -11.9. The molecule has 4 fully saturated rings. The molecule has 12 heterocycles. The molecule has 4 aromatic carbocycles. The third kappa shape index (κ3) is 25.1. The van der Waals surface area contributed by atoms with Crippen molar-refractivity contribution in [3.05, 3.63) is 208 Å². The Kier molecular flexibility index (Phi) is 30.0. The van der Waals surface area contributed by atoms with E-state index in [1.54, 1.807) is 109 Å². The molecule has 4 aliphatic rings. The van der Waals surface area contributed by atoms with Crippen molar-refractivity contribution in [2.75, 3.05) is 133 Å². The van der Waals surface area contributed by atoms with E-state index in [2.05, 4.69) is 67.4 Å². The number of nitrogen functional groups attached to an aromatic ring is 3. The zero-order valence-electron chi connectivity index (χ0n) is 68.3. The molecule has 4 aliphatic heterocycles. The summed E-state index contributed by atoms with van der Waals surface area (Å²) in [6, 6.07) is 36.8. The number of benzene rings is 4. The van der Waals surface area contributed by atoms with E-state index in [0.29, 0.717) is 54.8 Å². The molecule has 8 aromatic heterocycles. The number of Topliss-reactive ketones (excluding diaryl/α,β-unsaturated/α-hetero) is 3. The summed E-state index contributed by atoms with van der Waals surface area (Å²) in [4.78, 5) is 102. The van der Waals surface area contributed by atoms with E-state index < -0.39 is 29.4 Å². The highest BCUT2D eigenvalue weighted by Crippen LogP contribution is 2.36. The largest absolute Gasteiger partial charge is 0.476 e. The summed E-state index contributed by atoms with van der Waals surface area (Å²) in [7, 11) is 2.13. The first-order valence-corrected chi connectivity index (χ1v) is 43.0. The highest BCUT2D eigenvalue weighted by molar-refractivity contribution is 7.18. The smallest absolute Gasteiger partial charge is 0.412 e. The molecular weight excluding hydrogens is 1600 g/mol. The van der Waals surface area contributed by atoms with E-state index in [-0.39, 0.29) is 41.6 Å². The predicted octanol–water partition coefficient (Wildman–Crippen LogP) is 17.9. The summed E-state index contributed by atoms with van der Waals surface area (Å²) in [6.45, 7) is 22.7. The van der Waals surface area contributed by atoms with Gasteiger partial charge in [0.1, 0.15) is 54.2 Å². The van der Waals surface area contributed by atoms with Crippen molar-refractivity contribution in [3.63, 3.8) is 0 Å². The number of carbonyl (C=O) groups excluding carboxylic acids is 5. The van der Waals surface area contributed by atoms with Crippen LogP contribution in [0.4, 0.5) is 58.0 Å². The molecule has 0 radical (unpaired) electrons. The third-order valence-electron chi connectivity index (χ3n) is 19.4. The minimum Gasteiger partial charge on any atom is -0.476 e. The first-order valence-electron chi connectivity index (χ1n) is 39.7. The van der Waals surface area contributed by atoms with E-state index in [1.165, 1.54) is 83.9 Å². The highest BCUT2D eigenvalue weighted by atomic mass is 32.1. The van der Waals surface area contributed by atoms with Gasteiger partial charge in [0.2, 0.25) is 5.01 Å². The second-order valence-electron chi connectivity index (χ2n) is 30.9. The predicted molar refractivity (Wildman–Crippen MR) is 476 cm³/mol. The zero-order chi connectivity index (χ0) is 84.9. The molecule has 630 valence electrons. The van der Waals surface area contributed by atoms with Crippen molar-refractivity contribution in [1.82, 2.24) is 30.2 Å². The summed E-state index contributed by atoms with van der Waals surface area (Å²) < 4.78 is 32.2. The van der Waals surface area contributed by atoms with E-state index >= 15 is 0 Å². The fraction of sp³-hybridized carbons (Fsp3) is 0.341. The number of carboxylic acids is 1. The first-order chi connectivity index (χ1) is 57.7. The average Bonchev–Trinajstić information content (AvgIpc) is 1.34. The molecule has 2 amide bonds. The van der Waals surface area contributed by atoms with Gasteiger partial charge in [0.05, 0.1) is 61.2 Å². The monoisotopic (exact) mass is 1700 g/mol. The Bertz CT molecular complexity index is 5350. The molecule has 28 nitrogen and oxygen atoms in total. The van der Waals surface area contributed by atoms with Crippen molar-refractivity contribution in [1.29, 1.82) is 0 Å². The van der Waals surface area contributed by atoms with Gasteiger partial charge >= 0.3 is 18.2 Å². The van der Waals surface area contributed by atoms with Crippen LogP contribution in [0.3, 0.4) is 0 Å². The number of carbonyl (C=O) groups is 6. The topological polar surface area (TPSA) is 376 Å². The minimum atomic E-state index is -0.932. The van der Waals surface area contributed by atoms with Crippen molar-refractivity contribution >= 4 is 129 Å². The number of aromatic carboxylic acids is 1. The number of aromatic nitrogens is 4. The molecule has 0 aliphatic carbocycles. The molecule has 0 atom stereocenters. The van der Waals surface area contributed by atoms with Gasteiger partial charge in [-0.05, 0) is 225 Å². The number of anilines is 9. The lowest BCUT2D eigenvalue weighted by Gasteiger charge is -2.32. The molecule has 32 heteroatoms. The molecule has 120 heavy (non-hydrogen) atoms. The van der Waals surface area contributed by atoms with Gasteiger partial charge in [-0.15, -0.1) is 0 Å². The molecule has 0 spiro atoms. The van der Waals surface area contributed by atoms with Gasteiger partial charge in [-0.3, -0.25) is 25.0 Å². The number of hydrogen-bond acceptors (Lipinski definition) is 29. The summed E-state index contributed by atoms with van der Waals surface area (Å²) in [5.41, 5.74) is 25.4. The van der Waals surface area contributed by atoms with Crippen LogP contribution >= 0.6 is 45.3 Å². The molecule has 4 saturated heterocycles. The van der Waals surface area contributed by atoms with Gasteiger partial charge in [0, 0.05) is 137 Å². The first kappa shape index (κ1) is 87.4. The van der Waals surface area contributed by atoms with Crippen molar-refractivity contribution in [3.8, 4) is 45.3 Å². The Morgan fingerprint density at radius 1 is 0.417 bits per heavy atom. The van der Waals surface area contributed by atoms with Crippen molar-refractivity contribution < 1.29 is 61.0 Å². The molecule has 16 rings (SSSR count). The SMILES string of the molecule is CC(C)(C)OC(=O)Nc1ccc(-c2ccco2)cc1CC(=O)c1ncc(N2CCCCC2)s1.CC(C)(C)OC(=O)Nc1ccc(-c2ccco2)cc1N.CN1CCN(c2cnc(C(=O)Cc3cc(-c4ccco4)ccc3N)s2)CC1.Nc1ccc(-c2ccco2)cc1CC(=O)c1ncc(N2CCNCC2)s1.O=C(O)c1ncc(N2CCCCC2)s1. The van der Waals surface area contributed by atoms with Crippen LogP contribution in [-0.2, 0) is 28.7 Å². The number of nitrogens with zero attached hydrogens (tertiary/aromatic N) is 9. The molecule has 0 unspecified atom stereocenters. The standard InChI is InChI=1S/C25H29N3O4S.C20H22N4O2S.C19H20N4O2S.C15H18N2O3.C9H12N2O2S/c1-25(2,3)32-24(30)27-19-10-9-17(21-8-7-13-31-21)14-18(19)15-20(29)23-26-16-22(33-23)28-11-5-4-6-12-28;1-23-6-8-24(9-7-23)19-13-22-20(27-19)17(25)12-15-11-14(4-5-16(15)21)18-3-2-10-26-18;20-15-4-3-13(17-2-1-9-25-17)10-14(15)11-16(24)19-22-12-18(26-19)23-7-5-21-6-8-23;1-15(2,3)20-14(18)17-12-7-6-10(9-11(12)16)13-5-4-8-19-13;12-9(13)8-10-6-7(14-8)11-4-2-1-3-5-11/h7-10,13-14,16H,4-6,11-12,15H2,1-3H3,(H,27,30);2-5,10-11,13H,6-9,12,21H2,1H3;1-4,9-10,12,21H,5-8,11,20H2;4-9H,16H2,1-3H3,(H,17,18);6H,1-5H2,(H,12,13). The number of likely N-dealkylation sites (N-methyl/N-ethyl adjacent to an activating group) is 1. The normalized spacial score (nSPS) is 14.3. The molecular formula is C88H101N15O13S4. The minimum absolute atomic E-state index is 0.0105. The third-order valence-corrected chi connectivity index (χ3v) is 23.8. The number of thiazole rings is 4. The lowest BCUT2D eigenvalue weighted by atomic mass is 10.0. The van der Waals surface area contributed by atoms with E-state index in [1.807, 2.05) is 103 Å². The summed E-state index contributed by atoms with van der Waals surface area (Å²) >= 11 is 5.61. The van der Waals surface area contributed by atoms with E-state index in [4.69, 9.17) is 49.4 Å². The number of carboxylic acid groups (broad SMARTS) is 1. The molecule has 0 saturated carbocycles. The average molecular weight is 1710 g/mol. The second kappa shape index (κ2) is 41.2. The van der Waals surface area contributed by atoms with Crippen LogP contribution in [0.15, 0.2) is 189 Å². The number of piperazine rings is 2. The second-order valence-corrected chi connectivity index (χ2v) is 34.9. The van der Waals surface area contributed by atoms with Gasteiger partial charge in [-0.25, -0.2) is 34.3 Å². The maximum Gasteiger partial charge on any atom is 0.412 e. The Morgan fingerprint density at radius 3 is 1.12 bits per heavy atom. The van der Waals surface area contributed by atoms with Crippen LogP contribution in [-0.4, -0.2) is 162 Å². The lowest BCUT2D eigenvalue weighted by Crippen LogP contribution is -2.44. The van der Waals surface area contributed by atoms with Gasteiger partial charge in [-0.1, -0.05) is 45.3 Å². The number of piperidine rings is 2. The highest BCUT2D eigenvalue weighted by Gasteiger charge is 2.26. The number of ketones is 3. The van der Waals surface area contributed by atoms with Crippen LogP contribution in [0, 0.1) is 0 Å². The van der Waals surface area contributed by atoms with Gasteiger partial charge in [0.15, 0.2) is 32.4 Å². The number of nitrogens with two attached hydrogens (primary N) is 3.